The van der Waals surface area contributed by atoms with E-state index in [1.165, 1.54) is 16.7 Å². The molecule has 1 atom stereocenters. The number of aryl methyl sites for hydroxylation is 1. The molecule has 0 aliphatic carbocycles. The summed E-state index contributed by atoms with van der Waals surface area (Å²) < 4.78 is 0. The number of hydrogen-bond donors (Lipinski definition) is 2. The van der Waals surface area contributed by atoms with Crippen molar-refractivity contribution in [3.8, 4) is 0 Å². The zero-order valence-electron chi connectivity index (χ0n) is 12.4. The average Bonchev–Trinajstić information content (AvgIpc) is 2.85. The Morgan fingerprint density at radius 2 is 2.05 bits per heavy atom. The minimum atomic E-state index is 0.0815. The van der Waals surface area contributed by atoms with E-state index in [-0.39, 0.29) is 11.9 Å². The number of rotatable bonds is 4. The normalized spacial score (nSPS) is 14.7. The van der Waals surface area contributed by atoms with E-state index in [1.807, 2.05) is 6.07 Å². The monoisotopic (exact) mass is 280 g/mol. The Kier molecular flexibility index (Phi) is 3.76. The molecule has 0 spiro atoms. The van der Waals surface area contributed by atoms with Crippen LogP contribution in [-0.4, -0.2) is 12.5 Å². The van der Waals surface area contributed by atoms with Crippen LogP contribution in [0, 0.1) is 6.92 Å². The van der Waals surface area contributed by atoms with E-state index in [0.717, 1.165) is 17.8 Å². The van der Waals surface area contributed by atoms with Crippen molar-refractivity contribution in [1.82, 2.24) is 5.32 Å². The highest BCUT2D eigenvalue weighted by molar-refractivity contribution is 5.99. The lowest BCUT2D eigenvalue weighted by atomic mass is 9.93. The Morgan fingerprint density at radius 3 is 2.81 bits per heavy atom. The molecule has 2 aromatic rings. The van der Waals surface area contributed by atoms with Crippen LogP contribution in [0.5, 0.6) is 0 Å². The number of carbonyl (C=O) groups excluding carboxylic acids is 1. The van der Waals surface area contributed by atoms with Gasteiger partial charge in [0, 0.05) is 5.69 Å². The summed E-state index contributed by atoms with van der Waals surface area (Å²) in [6.07, 6.45) is 0.482. The van der Waals surface area contributed by atoms with Crippen LogP contribution in [0.25, 0.3) is 0 Å². The quantitative estimate of drug-likeness (QED) is 0.903. The number of anilines is 1. The standard InChI is InChI=1S/C18H20N2O/c1-3-19-18(15-7-5-4-6-12(15)2)13-8-9-16-14(10-13)11-17(21)20-16/h4-10,18-19H,3,11H2,1-2H3,(H,20,21). The predicted molar refractivity (Wildman–Crippen MR) is 85.5 cm³/mol. The molecular weight excluding hydrogens is 260 g/mol. The highest BCUT2D eigenvalue weighted by Gasteiger charge is 2.21. The first-order chi connectivity index (χ1) is 10.2. The molecular formula is C18H20N2O. The Labute approximate surface area is 125 Å². The van der Waals surface area contributed by atoms with E-state index < -0.39 is 0 Å². The Bertz CT molecular complexity index is 679. The molecule has 3 nitrogen and oxygen atoms in total. The molecule has 0 aromatic heterocycles. The van der Waals surface area contributed by atoms with Crippen molar-refractivity contribution in [2.45, 2.75) is 26.3 Å². The number of hydrogen-bond acceptors (Lipinski definition) is 2. The van der Waals surface area contributed by atoms with Crippen molar-refractivity contribution < 1.29 is 4.79 Å². The highest BCUT2D eigenvalue weighted by atomic mass is 16.1. The van der Waals surface area contributed by atoms with E-state index >= 15 is 0 Å². The van der Waals surface area contributed by atoms with E-state index in [9.17, 15) is 4.79 Å². The summed E-state index contributed by atoms with van der Waals surface area (Å²) >= 11 is 0. The van der Waals surface area contributed by atoms with Gasteiger partial charge in [0.25, 0.3) is 0 Å². The molecule has 1 aliphatic rings. The molecule has 0 saturated carbocycles. The number of fused-ring (bicyclic) bond motifs is 1. The van der Waals surface area contributed by atoms with Gasteiger partial charge in [-0.3, -0.25) is 4.79 Å². The van der Waals surface area contributed by atoms with Gasteiger partial charge in [-0.1, -0.05) is 43.3 Å². The summed E-state index contributed by atoms with van der Waals surface area (Å²) in [4.78, 5) is 11.5. The predicted octanol–water partition coefficient (Wildman–Crippen LogP) is 3.19. The van der Waals surface area contributed by atoms with Crippen LogP contribution >= 0.6 is 0 Å². The van der Waals surface area contributed by atoms with Crippen molar-refractivity contribution in [2.24, 2.45) is 0 Å². The summed E-state index contributed by atoms with van der Waals surface area (Å²) in [5.74, 6) is 0.0815. The largest absolute Gasteiger partial charge is 0.326 e. The number of carbonyl (C=O) groups is 1. The molecule has 1 unspecified atom stereocenters. The van der Waals surface area contributed by atoms with E-state index in [2.05, 4.69) is 60.9 Å². The van der Waals surface area contributed by atoms with Crippen molar-refractivity contribution >= 4 is 11.6 Å². The summed E-state index contributed by atoms with van der Waals surface area (Å²) in [6, 6.07) is 14.9. The fraction of sp³-hybridized carbons (Fsp3) is 0.278. The van der Waals surface area contributed by atoms with Crippen LogP contribution in [0.4, 0.5) is 5.69 Å². The molecule has 0 fully saturated rings. The van der Waals surface area contributed by atoms with Gasteiger partial charge >= 0.3 is 0 Å². The fourth-order valence-corrected chi connectivity index (χ4v) is 2.95. The lowest BCUT2D eigenvalue weighted by molar-refractivity contribution is -0.115. The molecule has 108 valence electrons. The molecule has 3 rings (SSSR count). The average molecular weight is 280 g/mol. The lowest BCUT2D eigenvalue weighted by Crippen LogP contribution is -2.22. The number of benzene rings is 2. The van der Waals surface area contributed by atoms with Gasteiger partial charge in [0.15, 0.2) is 0 Å². The summed E-state index contributed by atoms with van der Waals surface area (Å²) in [7, 11) is 0. The third-order valence-electron chi connectivity index (χ3n) is 4.00. The molecule has 1 amide bonds. The van der Waals surface area contributed by atoms with E-state index in [0.29, 0.717) is 6.42 Å². The third kappa shape index (κ3) is 2.69. The van der Waals surface area contributed by atoms with E-state index in [4.69, 9.17) is 0 Å². The zero-order valence-corrected chi connectivity index (χ0v) is 12.4. The molecule has 21 heavy (non-hydrogen) atoms. The van der Waals surface area contributed by atoms with Gasteiger partial charge < -0.3 is 10.6 Å². The van der Waals surface area contributed by atoms with Crippen LogP contribution in [0.1, 0.15) is 35.2 Å². The second kappa shape index (κ2) is 5.70. The van der Waals surface area contributed by atoms with Crippen molar-refractivity contribution in [3.05, 3.63) is 64.7 Å². The van der Waals surface area contributed by atoms with Gasteiger partial charge in [0.2, 0.25) is 5.91 Å². The topological polar surface area (TPSA) is 41.1 Å². The maximum atomic E-state index is 11.5. The highest BCUT2D eigenvalue weighted by Crippen LogP contribution is 2.30. The van der Waals surface area contributed by atoms with Gasteiger partial charge in [-0.2, -0.15) is 0 Å². The summed E-state index contributed by atoms with van der Waals surface area (Å²) in [5, 5.41) is 6.44. The van der Waals surface area contributed by atoms with Gasteiger partial charge in [-0.15, -0.1) is 0 Å². The van der Waals surface area contributed by atoms with Gasteiger partial charge in [-0.25, -0.2) is 0 Å². The second-order valence-corrected chi connectivity index (χ2v) is 5.49. The van der Waals surface area contributed by atoms with Crippen molar-refractivity contribution in [1.29, 1.82) is 0 Å². The number of nitrogens with one attached hydrogen (secondary N) is 2. The Morgan fingerprint density at radius 1 is 1.24 bits per heavy atom. The van der Waals surface area contributed by atoms with Crippen molar-refractivity contribution in [3.63, 3.8) is 0 Å². The summed E-state index contributed by atoms with van der Waals surface area (Å²) in [6.45, 7) is 5.15. The van der Waals surface area contributed by atoms with Crippen LogP contribution in [0.2, 0.25) is 0 Å². The fourth-order valence-electron chi connectivity index (χ4n) is 2.95. The van der Waals surface area contributed by atoms with Crippen LogP contribution in [0.15, 0.2) is 42.5 Å². The molecule has 2 N–H and O–H groups in total. The molecule has 0 bridgehead atoms. The van der Waals surface area contributed by atoms with Crippen LogP contribution in [-0.2, 0) is 11.2 Å². The molecule has 1 heterocycles. The smallest absolute Gasteiger partial charge is 0.228 e. The zero-order chi connectivity index (χ0) is 14.8. The minimum absolute atomic E-state index is 0.0815. The number of amides is 1. The van der Waals surface area contributed by atoms with Gasteiger partial charge in [-0.05, 0) is 41.8 Å². The first-order valence-corrected chi connectivity index (χ1v) is 7.40. The van der Waals surface area contributed by atoms with Gasteiger partial charge in [0.1, 0.15) is 0 Å². The third-order valence-corrected chi connectivity index (χ3v) is 4.00. The molecule has 1 aliphatic heterocycles. The first-order valence-electron chi connectivity index (χ1n) is 7.40. The second-order valence-electron chi connectivity index (χ2n) is 5.49. The van der Waals surface area contributed by atoms with Gasteiger partial charge in [0.05, 0.1) is 12.5 Å². The first kappa shape index (κ1) is 13.8. The molecule has 2 aromatic carbocycles. The van der Waals surface area contributed by atoms with Crippen molar-refractivity contribution in [2.75, 3.05) is 11.9 Å². The SMILES string of the molecule is CCNC(c1ccc2c(c1)CC(=O)N2)c1ccccc1C. The lowest BCUT2D eigenvalue weighted by Gasteiger charge is -2.21. The maximum absolute atomic E-state index is 11.5. The Balaban J connectivity index is 2.01. The maximum Gasteiger partial charge on any atom is 0.228 e. The Hall–Kier alpha value is -2.13. The van der Waals surface area contributed by atoms with E-state index in [1.54, 1.807) is 0 Å². The molecule has 0 saturated heterocycles. The van der Waals surface area contributed by atoms with Crippen LogP contribution in [0.3, 0.4) is 0 Å². The molecule has 0 radical (unpaired) electrons. The summed E-state index contributed by atoms with van der Waals surface area (Å²) in [5.41, 5.74) is 5.81. The molecule has 3 heteroatoms. The van der Waals surface area contributed by atoms with Crippen LogP contribution < -0.4 is 10.6 Å². The minimum Gasteiger partial charge on any atom is -0.326 e.